The van der Waals surface area contributed by atoms with Gasteiger partial charge in [-0.1, -0.05) is 73.5 Å². The summed E-state index contributed by atoms with van der Waals surface area (Å²) in [6.07, 6.45) is 5.25. The second kappa shape index (κ2) is 7.26. The number of unbranched alkanes of at least 4 members (excludes halogenated alkanes) is 2. The molecule has 0 radical (unpaired) electrons. The topological polar surface area (TPSA) is 0 Å². The van der Waals surface area contributed by atoms with Crippen LogP contribution >= 0.6 is 22.6 Å². The van der Waals surface area contributed by atoms with Crippen molar-refractivity contribution in [2.45, 2.75) is 45.4 Å². The van der Waals surface area contributed by atoms with Gasteiger partial charge in [0.15, 0.2) is 0 Å². The molecule has 0 aliphatic heterocycles. The van der Waals surface area contributed by atoms with Gasteiger partial charge in [-0.05, 0) is 29.9 Å². The Labute approximate surface area is 108 Å². The Balaban J connectivity index is 2.68. The van der Waals surface area contributed by atoms with Crippen LogP contribution < -0.4 is 0 Å². The number of hydrogen-bond acceptors (Lipinski definition) is 0. The predicted molar refractivity (Wildman–Crippen MR) is 77.0 cm³/mol. The molecule has 0 N–H and O–H groups in total. The van der Waals surface area contributed by atoms with E-state index in [9.17, 15) is 0 Å². The molecule has 15 heavy (non-hydrogen) atoms. The van der Waals surface area contributed by atoms with Crippen molar-refractivity contribution in [3.05, 3.63) is 35.4 Å². The summed E-state index contributed by atoms with van der Waals surface area (Å²) < 4.78 is 1.21. The summed E-state index contributed by atoms with van der Waals surface area (Å²) in [6, 6.07) is 8.94. The van der Waals surface area contributed by atoms with Gasteiger partial charge in [-0.25, -0.2) is 0 Å². The summed E-state index contributed by atoms with van der Waals surface area (Å²) in [5, 5.41) is 0. The quantitative estimate of drug-likeness (QED) is 0.395. The molecule has 0 saturated heterocycles. The highest BCUT2D eigenvalue weighted by molar-refractivity contribution is 14.1. The molecule has 0 heterocycles. The van der Waals surface area contributed by atoms with Crippen molar-refractivity contribution < 1.29 is 0 Å². The highest BCUT2D eigenvalue weighted by atomic mass is 127. The van der Waals surface area contributed by atoms with Gasteiger partial charge in [-0.2, -0.15) is 0 Å². The zero-order chi connectivity index (χ0) is 11.1. The zero-order valence-corrected chi connectivity index (χ0v) is 12.0. The molecule has 1 aromatic carbocycles. The number of aryl methyl sites for hydroxylation is 1. The second-order valence-corrected chi connectivity index (χ2v) is 5.09. The number of hydrogen-bond donors (Lipinski definition) is 0. The molecule has 0 aromatic heterocycles. The highest BCUT2D eigenvalue weighted by Crippen LogP contribution is 2.23. The number of benzene rings is 1. The lowest BCUT2D eigenvalue weighted by atomic mass is 9.94. The van der Waals surface area contributed by atoms with Gasteiger partial charge in [0.05, 0.1) is 0 Å². The molecule has 0 aliphatic rings. The zero-order valence-electron chi connectivity index (χ0n) is 9.80. The SMILES string of the molecule is CCCCCc1ccccc1C(C)CI. The molecular formula is C14H21I. The van der Waals surface area contributed by atoms with E-state index in [4.69, 9.17) is 0 Å². The van der Waals surface area contributed by atoms with Crippen molar-refractivity contribution in [3.8, 4) is 0 Å². The van der Waals surface area contributed by atoms with E-state index in [1.54, 1.807) is 11.1 Å². The molecule has 0 spiro atoms. The molecule has 1 aromatic rings. The van der Waals surface area contributed by atoms with Crippen LogP contribution in [0, 0.1) is 0 Å². The Morgan fingerprint density at radius 3 is 2.60 bits per heavy atom. The summed E-state index contributed by atoms with van der Waals surface area (Å²) in [6.45, 7) is 4.59. The lowest BCUT2D eigenvalue weighted by Crippen LogP contribution is -2.00. The van der Waals surface area contributed by atoms with E-state index >= 15 is 0 Å². The Morgan fingerprint density at radius 1 is 1.20 bits per heavy atom. The third-order valence-electron chi connectivity index (χ3n) is 2.87. The Morgan fingerprint density at radius 2 is 1.93 bits per heavy atom. The maximum absolute atomic E-state index is 2.48. The van der Waals surface area contributed by atoms with E-state index in [-0.39, 0.29) is 0 Å². The van der Waals surface area contributed by atoms with Crippen molar-refractivity contribution in [2.24, 2.45) is 0 Å². The fraction of sp³-hybridized carbons (Fsp3) is 0.571. The molecule has 1 heteroatoms. The Kier molecular flexibility index (Phi) is 6.30. The maximum Gasteiger partial charge on any atom is 0.00617 e. The van der Waals surface area contributed by atoms with Gasteiger partial charge in [-0.3, -0.25) is 0 Å². The first-order chi connectivity index (χ1) is 7.29. The molecule has 0 saturated carbocycles. The van der Waals surface area contributed by atoms with Crippen molar-refractivity contribution in [3.63, 3.8) is 0 Å². The fourth-order valence-corrected chi connectivity index (χ4v) is 2.37. The van der Waals surface area contributed by atoms with Gasteiger partial charge in [-0.15, -0.1) is 0 Å². The Hall–Kier alpha value is -0.0500. The van der Waals surface area contributed by atoms with Crippen LogP contribution in [0.1, 0.15) is 50.2 Å². The lowest BCUT2D eigenvalue weighted by molar-refractivity contribution is 0.709. The normalized spacial score (nSPS) is 12.7. The summed E-state index contributed by atoms with van der Waals surface area (Å²) >= 11 is 2.48. The van der Waals surface area contributed by atoms with Crippen molar-refractivity contribution in [1.82, 2.24) is 0 Å². The molecule has 1 rings (SSSR count). The summed E-state index contributed by atoms with van der Waals surface area (Å²) in [5.74, 6) is 0.698. The summed E-state index contributed by atoms with van der Waals surface area (Å²) in [7, 11) is 0. The summed E-state index contributed by atoms with van der Waals surface area (Å²) in [5.41, 5.74) is 3.12. The van der Waals surface area contributed by atoms with Crippen molar-refractivity contribution in [1.29, 1.82) is 0 Å². The first kappa shape index (κ1) is 13.0. The highest BCUT2D eigenvalue weighted by Gasteiger charge is 2.07. The molecule has 1 atom stereocenters. The smallest absolute Gasteiger partial charge is 0.00617 e. The van der Waals surface area contributed by atoms with Gasteiger partial charge in [0.25, 0.3) is 0 Å². The van der Waals surface area contributed by atoms with E-state index < -0.39 is 0 Å². The van der Waals surface area contributed by atoms with Gasteiger partial charge in [0.1, 0.15) is 0 Å². The van der Waals surface area contributed by atoms with Crippen LogP contribution in [0.15, 0.2) is 24.3 Å². The largest absolute Gasteiger partial charge is 0.0857 e. The van der Waals surface area contributed by atoms with Gasteiger partial charge in [0.2, 0.25) is 0 Å². The van der Waals surface area contributed by atoms with E-state index in [1.807, 2.05) is 0 Å². The van der Waals surface area contributed by atoms with Crippen LogP contribution in [0.25, 0.3) is 0 Å². The monoisotopic (exact) mass is 316 g/mol. The molecule has 0 fully saturated rings. The van der Waals surface area contributed by atoms with Gasteiger partial charge >= 0.3 is 0 Å². The Bertz CT molecular complexity index is 280. The van der Waals surface area contributed by atoms with E-state index in [0.717, 1.165) is 0 Å². The van der Waals surface area contributed by atoms with Crippen LogP contribution in [0.3, 0.4) is 0 Å². The van der Waals surface area contributed by atoms with Gasteiger partial charge < -0.3 is 0 Å². The van der Waals surface area contributed by atoms with Crippen LogP contribution in [-0.2, 0) is 6.42 Å². The molecule has 84 valence electrons. The predicted octanol–water partition coefficient (Wildman–Crippen LogP) is 4.96. The minimum atomic E-state index is 0.698. The maximum atomic E-state index is 2.48. The third-order valence-corrected chi connectivity index (χ3v) is 4.19. The first-order valence-electron chi connectivity index (χ1n) is 5.93. The first-order valence-corrected chi connectivity index (χ1v) is 7.46. The van der Waals surface area contributed by atoms with Crippen LogP contribution in [0.2, 0.25) is 0 Å². The standard InChI is InChI=1S/C14H21I/c1-3-4-5-8-13-9-6-7-10-14(13)12(2)11-15/h6-7,9-10,12H,3-5,8,11H2,1-2H3. The van der Waals surface area contributed by atoms with Crippen LogP contribution in [-0.4, -0.2) is 4.43 Å². The van der Waals surface area contributed by atoms with E-state index in [1.165, 1.54) is 30.1 Å². The average molecular weight is 316 g/mol. The van der Waals surface area contributed by atoms with Crippen molar-refractivity contribution in [2.75, 3.05) is 4.43 Å². The van der Waals surface area contributed by atoms with Crippen molar-refractivity contribution >= 4 is 22.6 Å². The molecular weight excluding hydrogens is 295 g/mol. The fourth-order valence-electron chi connectivity index (χ4n) is 1.89. The number of rotatable bonds is 6. The van der Waals surface area contributed by atoms with Gasteiger partial charge in [0, 0.05) is 4.43 Å². The molecule has 0 aliphatic carbocycles. The number of alkyl halides is 1. The molecule has 0 nitrogen and oxygen atoms in total. The third kappa shape index (κ3) is 4.13. The van der Waals surface area contributed by atoms with E-state index in [2.05, 4.69) is 60.7 Å². The minimum absolute atomic E-state index is 0.698. The van der Waals surface area contributed by atoms with Crippen LogP contribution in [0.5, 0.6) is 0 Å². The molecule has 0 bridgehead atoms. The number of halogens is 1. The lowest BCUT2D eigenvalue weighted by Gasteiger charge is -2.14. The minimum Gasteiger partial charge on any atom is -0.0857 e. The summed E-state index contributed by atoms with van der Waals surface area (Å²) in [4.78, 5) is 0. The van der Waals surface area contributed by atoms with Crippen LogP contribution in [0.4, 0.5) is 0 Å². The molecule has 0 amide bonds. The average Bonchev–Trinajstić information content (AvgIpc) is 2.29. The second-order valence-electron chi connectivity index (χ2n) is 4.21. The molecule has 1 unspecified atom stereocenters. The van der Waals surface area contributed by atoms with E-state index in [0.29, 0.717) is 5.92 Å².